The zero-order valence-electron chi connectivity index (χ0n) is 11.2. The van der Waals surface area contributed by atoms with Crippen LogP contribution in [0, 0.1) is 16.4 Å². The van der Waals surface area contributed by atoms with Crippen LogP contribution >= 0.6 is 38.5 Å². The Bertz CT molecular complexity index is 461. The van der Waals surface area contributed by atoms with Crippen molar-refractivity contribution < 1.29 is 4.79 Å². The summed E-state index contributed by atoms with van der Waals surface area (Å²) >= 11 is 5.79. The summed E-state index contributed by atoms with van der Waals surface area (Å²) in [6.45, 7) is 3.87. The van der Waals surface area contributed by atoms with Crippen LogP contribution < -0.4 is 0 Å². The third-order valence-corrected chi connectivity index (χ3v) is 5.64. The number of carbonyl (C=O) groups is 1. The monoisotopic (exact) mass is 435 g/mol. The molecule has 0 radical (unpaired) electrons. The van der Waals surface area contributed by atoms with E-state index in [0.29, 0.717) is 5.92 Å². The van der Waals surface area contributed by atoms with Gasteiger partial charge in [0.25, 0.3) is 5.91 Å². The number of benzene rings is 1. The van der Waals surface area contributed by atoms with Gasteiger partial charge in [-0.05, 0) is 66.3 Å². The van der Waals surface area contributed by atoms with Gasteiger partial charge < -0.3 is 4.90 Å². The first kappa shape index (κ1) is 15.3. The predicted molar refractivity (Wildman–Crippen MR) is 90.9 cm³/mol. The van der Waals surface area contributed by atoms with Crippen LogP contribution in [0.2, 0.25) is 0 Å². The lowest BCUT2D eigenvalue weighted by Crippen LogP contribution is -2.40. The van der Waals surface area contributed by atoms with Crippen molar-refractivity contribution in [2.75, 3.05) is 18.4 Å². The van der Waals surface area contributed by atoms with Gasteiger partial charge in [0.1, 0.15) is 0 Å². The first-order valence-electron chi connectivity index (χ1n) is 6.74. The van der Waals surface area contributed by atoms with Crippen molar-refractivity contribution in [3.63, 3.8) is 0 Å². The van der Waals surface area contributed by atoms with Gasteiger partial charge in [-0.3, -0.25) is 4.79 Å². The lowest BCUT2D eigenvalue weighted by molar-refractivity contribution is 0.0671. The Balaban J connectivity index is 2.12. The number of carbonyl (C=O) groups excluding carboxylic acids is 1. The molecule has 0 saturated carbocycles. The van der Waals surface area contributed by atoms with E-state index in [4.69, 9.17) is 0 Å². The Hall–Kier alpha value is -0.100. The van der Waals surface area contributed by atoms with Gasteiger partial charge in [-0.15, -0.1) is 0 Å². The summed E-state index contributed by atoms with van der Waals surface area (Å²) in [7, 11) is 0. The minimum absolute atomic E-state index is 0.201. The number of piperidine rings is 1. The van der Waals surface area contributed by atoms with Gasteiger partial charge in [0.15, 0.2) is 0 Å². The van der Waals surface area contributed by atoms with Crippen LogP contribution in [0.4, 0.5) is 0 Å². The van der Waals surface area contributed by atoms with Gasteiger partial charge in [-0.25, -0.2) is 0 Å². The lowest BCUT2D eigenvalue weighted by atomic mass is 9.95. The molecule has 2 nitrogen and oxygen atoms in total. The Morgan fingerprint density at radius 2 is 2.32 bits per heavy atom. The molecule has 0 bridgehead atoms. The van der Waals surface area contributed by atoms with Crippen molar-refractivity contribution in [3.8, 4) is 0 Å². The van der Waals surface area contributed by atoms with Crippen LogP contribution in [0.5, 0.6) is 0 Å². The van der Waals surface area contributed by atoms with E-state index in [2.05, 4.69) is 51.5 Å². The molecule has 1 aliphatic heterocycles. The van der Waals surface area contributed by atoms with Gasteiger partial charge in [0.2, 0.25) is 0 Å². The maximum absolute atomic E-state index is 12.6. The second kappa shape index (κ2) is 7.07. The van der Waals surface area contributed by atoms with E-state index in [1.807, 2.05) is 17.0 Å². The molecule has 4 heteroatoms. The molecule has 1 amide bonds. The summed E-state index contributed by atoms with van der Waals surface area (Å²) in [4.78, 5) is 14.7. The number of aryl methyl sites for hydroxylation is 1. The maximum atomic E-state index is 12.6. The zero-order chi connectivity index (χ0) is 13.8. The highest BCUT2D eigenvalue weighted by molar-refractivity contribution is 14.1. The van der Waals surface area contributed by atoms with E-state index in [1.54, 1.807) is 0 Å². The fraction of sp³-hybridized carbons (Fsp3) is 0.533. The molecule has 1 aromatic rings. The van der Waals surface area contributed by atoms with Crippen LogP contribution in [0.25, 0.3) is 0 Å². The average molecular weight is 436 g/mol. The number of alkyl halides is 1. The summed E-state index contributed by atoms with van der Waals surface area (Å²) in [5.41, 5.74) is 2.04. The third-order valence-electron chi connectivity index (χ3n) is 3.75. The first-order valence-corrected chi connectivity index (χ1v) is 8.94. The minimum atomic E-state index is 0.201. The molecule has 1 aromatic carbocycles. The topological polar surface area (TPSA) is 20.3 Å². The molecule has 1 atom stereocenters. The van der Waals surface area contributed by atoms with E-state index in [9.17, 15) is 4.79 Å². The number of hydrogen-bond donors (Lipinski definition) is 0. The largest absolute Gasteiger partial charge is 0.338 e. The second-order valence-corrected chi connectivity index (χ2v) is 7.05. The van der Waals surface area contributed by atoms with E-state index in [-0.39, 0.29) is 5.91 Å². The normalized spacial score (nSPS) is 19.5. The number of nitrogens with zero attached hydrogens (tertiary/aromatic N) is 1. The number of hydrogen-bond acceptors (Lipinski definition) is 1. The molecule has 0 spiro atoms. The highest BCUT2D eigenvalue weighted by Gasteiger charge is 2.25. The molecule has 1 heterocycles. The molecule has 0 N–H and O–H groups in total. The molecule has 1 fully saturated rings. The van der Waals surface area contributed by atoms with Crippen molar-refractivity contribution in [1.82, 2.24) is 4.90 Å². The molecule has 0 aromatic heterocycles. The summed E-state index contributed by atoms with van der Waals surface area (Å²) in [6.07, 6.45) is 3.54. The standard InChI is InChI=1S/C15H19BrINO/c1-11-4-2-6-13(14(11)17)15(19)18-9-3-5-12(10-18)7-8-16/h2,4,6,12H,3,5,7-10H2,1H3. The van der Waals surface area contributed by atoms with E-state index < -0.39 is 0 Å². The molecule has 1 unspecified atom stereocenters. The summed E-state index contributed by atoms with van der Waals surface area (Å²) < 4.78 is 1.09. The number of likely N-dealkylation sites (tertiary alicyclic amines) is 1. The summed E-state index contributed by atoms with van der Waals surface area (Å²) in [5.74, 6) is 0.854. The van der Waals surface area contributed by atoms with E-state index in [0.717, 1.165) is 40.4 Å². The SMILES string of the molecule is Cc1cccc(C(=O)N2CCCC(CCBr)C2)c1I. The quantitative estimate of drug-likeness (QED) is 0.513. The lowest BCUT2D eigenvalue weighted by Gasteiger charge is -2.33. The summed E-state index contributed by atoms with van der Waals surface area (Å²) in [6, 6.07) is 5.98. The molecule has 2 rings (SSSR count). The molecular formula is C15H19BrINO. The van der Waals surface area contributed by atoms with Crippen molar-refractivity contribution in [3.05, 3.63) is 32.9 Å². The maximum Gasteiger partial charge on any atom is 0.254 e. The van der Waals surface area contributed by atoms with Gasteiger partial charge >= 0.3 is 0 Å². The van der Waals surface area contributed by atoms with Crippen LogP contribution in [0.3, 0.4) is 0 Å². The number of halogens is 2. The molecule has 1 aliphatic rings. The van der Waals surface area contributed by atoms with Gasteiger partial charge in [-0.2, -0.15) is 0 Å². The molecule has 104 valence electrons. The third kappa shape index (κ3) is 3.72. The van der Waals surface area contributed by atoms with Crippen LogP contribution in [-0.2, 0) is 0 Å². The smallest absolute Gasteiger partial charge is 0.254 e. The van der Waals surface area contributed by atoms with Gasteiger partial charge in [0, 0.05) is 22.0 Å². The first-order chi connectivity index (χ1) is 9.13. The van der Waals surface area contributed by atoms with Crippen molar-refractivity contribution in [2.45, 2.75) is 26.2 Å². The van der Waals surface area contributed by atoms with Gasteiger partial charge in [0.05, 0.1) is 5.56 Å². The Morgan fingerprint density at radius 1 is 1.53 bits per heavy atom. The fourth-order valence-corrected chi connectivity index (χ4v) is 3.86. The molecule has 0 aliphatic carbocycles. The Labute approximate surface area is 137 Å². The molecular weight excluding hydrogens is 417 g/mol. The van der Waals surface area contributed by atoms with E-state index >= 15 is 0 Å². The fourth-order valence-electron chi connectivity index (χ4n) is 2.62. The molecule has 1 saturated heterocycles. The van der Waals surface area contributed by atoms with Crippen molar-refractivity contribution in [1.29, 1.82) is 0 Å². The minimum Gasteiger partial charge on any atom is -0.338 e. The highest BCUT2D eigenvalue weighted by Crippen LogP contribution is 2.24. The second-order valence-electron chi connectivity index (χ2n) is 5.17. The molecule has 19 heavy (non-hydrogen) atoms. The van der Waals surface area contributed by atoms with E-state index in [1.165, 1.54) is 12.0 Å². The summed E-state index contributed by atoms with van der Waals surface area (Å²) in [5, 5.41) is 1.03. The number of rotatable bonds is 3. The van der Waals surface area contributed by atoms with Crippen molar-refractivity contribution >= 4 is 44.4 Å². The van der Waals surface area contributed by atoms with Crippen LogP contribution in [0.1, 0.15) is 35.2 Å². The predicted octanol–water partition coefficient (Wildman–Crippen LogP) is 4.24. The van der Waals surface area contributed by atoms with Crippen molar-refractivity contribution in [2.24, 2.45) is 5.92 Å². The van der Waals surface area contributed by atoms with Crippen LogP contribution in [0.15, 0.2) is 18.2 Å². The Kier molecular flexibility index (Phi) is 5.69. The highest BCUT2D eigenvalue weighted by atomic mass is 127. The van der Waals surface area contributed by atoms with Gasteiger partial charge in [-0.1, -0.05) is 28.1 Å². The average Bonchev–Trinajstić information content (AvgIpc) is 2.42. The number of amides is 1. The van der Waals surface area contributed by atoms with Crippen LogP contribution in [-0.4, -0.2) is 29.2 Å². The Morgan fingerprint density at radius 3 is 3.05 bits per heavy atom. The zero-order valence-corrected chi connectivity index (χ0v) is 14.9.